The maximum atomic E-state index is 12.2. The lowest BCUT2D eigenvalue weighted by Gasteiger charge is -2.15. The molecule has 0 bridgehead atoms. The van der Waals surface area contributed by atoms with E-state index in [1.54, 1.807) is 48.5 Å². The number of hydrogen-bond donors (Lipinski definition) is 4. The lowest BCUT2D eigenvalue weighted by molar-refractivity contribution is -0.124. The molecule has 0 heterocycles. The Balaban J connectivity index is 2.19. The molecule has 2 aromatic carbocycles. The number of benzene rings is 2. The second kappa shape index (κ2) is 8.03. The molecule has 24 heavy (non-hydrogen) atoms. The molecule has 0 aromatic heterocycles. The zero-order valence-corrected chi connectivity index (χ0v) is 13.2. The minimum atomic E-state index is -1.27. The van der Waals surface area contributed by atoms with Crippen LogP contribution in [0.15, 0.2) is 48.5 Å². The molecule has 124 valence electrons. The van der Waals surface area contributed by atoms with Crippen LogP contribution >= 0.6 is 0 Å². The maximum Gasteiger partial charge on any atom is 0.257 e. The van der Waals surface area contributed by atoms with Crippen molar-refractivity contribution in [3.8, 4) is 5.75 Å². The minimum Gasteiger partial charge on any atom is -0.496 e. The predicted molar refractivity (Wildman–Crippen MR) is 93.3 cm³/mol. The van der Waals surface area contributed by atoms with Gasteiger partial charge in [-0.3, -0.25) is 4.79 Å². The third kappa shape index (κ3) is 3.85. The number of rotatable bonds is 7. The molecule has 4 N–H and O–H groups in total. The first kappa shape index (κ1) is 17.4. The highest BCUT2D eigenvalue weighted by atomic mass is 16.5. The van der Waals surface area contributed by atoms with E-state index >= 15 is 0 Å². The van der Waals surface area contributed by atoms with E-state index in [0.717, 1.165) is 12.4 Å². The molecule has 1 unspecified atom stereocenters. The zero-order valence-electron chi connectivity index (χ0n) is 13.2. The summed E-state index contributed by atoms with van der Waals surface area (Å²) in [5.74, 6) is -0.578. The summed E-state index contributed by atoms with van der Waals surface area (Å²) in [6.07, 6.45) is 1.01. The van der Waals surface area contributed by atoms with Gasteiger partial charge < -0.3 is 26.0 Å². The van der Waals surface area contributed by atoms with E-state index in [9.17, 15) is 9.90 Å². The van der Waals surface area contributed by atoms with Gasteiger partial charge in [0.25, 0.3) is 5.91 Å². The van der Waals surface area contributed by atoms with Crippen LogP contribution in [0.1, 0.15) is 23.1 Å². The summed E-state index contributed by atoms with van der Waals surface area (Å²) in [5.41, 5.74) is 1.62. The first-order chi connectivity index (χ1) is 11.6. The van der Waals surface area contributed by atoms with E-state index < -0.39 is 17.9 Å². The molecule has 0 saturated heterocycles. The molecule has 2 aromatic rings. The van der Waals surface area contributed by atoms with Crippen molar-refractivity contribution in [1.29, 1.82) is 10.8 Å². The van der Waals surface area contributed by atoms with Crippen molar-refractivity contribution in [3.05, 3.63) is 59.7 Å². The van der Waals surface area contributed by atoms with Gasteiger partial charge in [-0.15, -0.1) is 0 Å². The van der Waals surface area contributed by atoms with Crippen LogP contribution in [-0.2, 0) is 4.79 Å². The third-order valence-corrected chi connectivity index (χ3v) is 3.58. The number of anilines is 1. The fourth-order valence-corrected chi connectivity index (χ4v) is 2.29. The first-order valence-corrected chi connectivity index (χ1v) is 7.33. The molecule has 6 heteroatoms. The smallest absolute Gasteiger partial charge is 0.257 e. The summed E-state index contributed by atoms with van der Waals surface area (Å²) in [4.78, 5) is 12.2. The van der Waals surface area contributed by atoms with Gasteiger partial charge in [0, 0.05) is 29.7 Å². The minimum absolute atomic E-state index is 0.457. The highest BCUT2D eigenvalue weighted by molar-refractivity contribution is 5.95. The number of carbonyl (C=O) groups excluding carboxylic acids is 1. The van der Waals surface area contributed by atoms with Crippen LogP contribution in [0.4, 0.5) is 5.69 Å². The molecule has 0 aliphatic rings. The van der Waals surface area contributed by atoms with Gasteiger partial charge in [-0.05, 0) is 11.6 Å². The largest absolute Gasteiger partial charge is 0.496 e. The predicted octanol–water partition coefficient (Wildman–Crippen LogP) is 2.75. The number of ether oxygens (including phenoxy) is 1. The van der Waals surface area contributed by atoms with E-state index in [1.165, 1.54) is 7.11 Å². The number of aliphatic hydroxyl groups is 1. The molecule has 0 radical (unpaired) electrons. The van der Waals surface area contributed by atoms with Crippen molar-refractivity contribution in [2.24, 2.45) is 0 Å². The molecule has 0 spiro atoms. The zero-order chi connectivity index (χ0) is 17.5. The molecule has 1 amide bonds. The van der Waals surface area contributed by atoms with E-state index in [0.29, 0.717) is 22.6 Å². The van der Waals surface area contributed by atoms with Crippen LogP contribution in [0.25, 0.3) is 0 Å². The summed E-state index contributed by atoms with van der Waals surface area (Å²) in [7, 11) is 1.48. The summed E-state index contributed by atoms with van der Waals surface area (Å²) in [5, 5.41) is 27.4. The Bertz CT molecular complexity index is 724. The Labute approximate surface area is 140 Å². The lowest BCUT2D eigenvalue weighted by Crippen LogP contribution is -2.20. The standard InChI is InChI=1S/C18H19N3O3/c1-24-16-9-14(7-8-15(16)13(10-19)11-20)21-18(23)17(22)12-5-3-2-4-6-12/h2-11,13,17,19-20,22H,1H3,(H,21,23). The van der Waals surface area contributed by atoms with Crippen LogP contribution in [0.5, 0.6) is 5.75 Å². The quantitative estimate of drug-likeness (QED) is 0.588. The fraction of sp³-hybridized carbons (Fsp3) is 0.167. The van der Waals surface area contributed by atoms with Gasteiger partial charge in [-0.25, -0.2) is 0 Å². The van der Waals surface area contributed by atoms with Crippen LogP contribution in [0.2, 0.25) is 0 Å². The molecule has 0 saturated carbocycles. The van der Waals surface area contributed by atoms with E-state index in [-0.39, 0.29) is 0 Å². The van der Waals surface area contributed by atoms with Gasteiger partial charge in [0.2, 0.25) is 0 Å². The second-order valence-corrected chi connectivity index (χ2v) is 5.12. The number of carbonyl (C=O) groups is 1. The highest BCUT2D eigenvalue weighted by Gasteiger charge is 2.18. The fourth-order valence-electron chi connectivity index (χ4n) is 2.29. The summed E-state index contributed by atoms with van der Waals surface area (Å²) in [6.45, 7) is 0. The Kier molecular flexibility index (Phi) is 5.81. The van der Waals surface area contributed by atoms with Crippen molar-refractivity contribution in [1.82, 2.24) is 0 Å². The molecule has 0 aliphatic heterocycles. The SMILES string of the molecule is COc1cc(NC(=O)C(O)c2ccccc2)ccc1C(C=N)C=N. The molecule has 0 fully saturated rings. The molecular weight excluding hydrogens is 306 g/mol. The van der Waals surface area contributed by atoms with Crippen molar-refractivity contribution < 1.29 is 14.6 Å². The number of nitrogens with one attached hydrogen (secondary N) is 3. The maximum absolute atomic E-state index is 12.2. The molecule has 1 atom stereocenters. The van der Waals surface area contributed by atoms with Gasteiger partial charge in [-0.2, -0.15) is 0 Å². The van der Waals surface area contributed by atoms with Gasteiger partial charge in [0.1, 0.15) is 5.75 Å². The van der Waals surface area contributed by atoms with E-state index in [4.69, 9.17) is 15.6 Å². The van der Waals surface area contributed by atoms with Gasteiger partial charge in [0.15, 0.2) is 6.10 Å². The van der Waals surface area contributed by atoms with Crippen molar-refractivity contribution >= 4 is 24.0 Å². The average molecular weight is 325 g/mol. The number of hydrogen-bond acceptors (Lipinski definition) is 5. The molecule has 6 nitrogen and oxygen atoms in total. The van der Waals surface area contributed by atoms with Crippen LogP contribution in [0, 0.1) is 10.8 Å². The van der Waals surface area contributed by atoms with E-state index in [2.05, 4.69) is 5.32 Å². The van der Waals surface area contributed by atoms with Crippen molar-refractivity contribution in [2.75, 3.05) is 12.4 Å². The normalized spacial score (nSPS) is 12.8. The number of methoxy groups -OCH3 is 1. The highest BCUT2D eigenvalue weighted by Crippen LogP contribution is 2.28. The van der Waals surface area contributed by atoms with Crippen LogP contribution in [-0.4, -0.2) is 30.6 Å². The first-order valence-electron chi connectivity index (χ1n) is 7.33. The third-order valence-electron chi connectivity index (χ3n) is 3.58. The topological polar surface area (TPSA) is 106 Å². The van der Waals surface area contributed by atoms with Crippen molar-refractivity contribution in [3.63, 3.8) is 0 Å². The Morgan fingerprint density at radius 1 is 1.17 bits per heavy atom. The number of aliphatic hydroxyl groups excluding tert-OH is 1. The van der Waals surface area contributed by atoms with Gasteiger partial charge in [-0.1, -0.05) is 36.4 Å². The second-order valence-electron chi connectivity index (χ2n) is 5.12. The summed E-state index contributed by atoms with van der Waals surface area (Å²) >= 11 is 0. The monoisotopic (exact) mass is 325 g/mol. The lowest BCUT2D eigenvalue weighted by atomic mass is 10.00. The molecule has 2 rings (SSSR count). The Morgan fingerprint density at radius 3 is 2.42 bits per heavy atom. The Hall–Kier alpha value is -2.99. The number of amides is 1. The molecular formula is C18H19N3O3. The van der Waals surface area contributed by atoms with Gasteiger partial charge in [0.05, 0.1) is 13.0 Å². The van der Waals surface area contributed by atoms with E-state index in [1.807, 2.05) is 0 Å². The molecule has 0 aliphatic carbocycles. The summed E-state index contributed by atoms with van der Waals surface area (Å²) in [6, 6.07) is 13.6. The van der Waals surface area contributed by atoms with Crippen LogP contribution < -0.4 is 10.1 Å². The summed E-state index contributed by atoms with van der Waals surface area (Å²) < 4.78 is 5.28. The van der Waals surface area contributed by atoms with Crippen LogP contribution in [0.3, 0.4) is 0 Å². The average Bonchev–Trinajstić information content (AvgIpc) is 2.63. The van der Waals surface area contributed by atoms with Gasteiger partial charge >= 0.3 is 0 Å². The Morgan fingerprint density at radius 2 is 1.83 bits per heavy atom. The van der Waals surface area contributed by atoms with Crippen molar-refractivity contribution in [2.45, 2.75) is 12.0 Å².